The van der Waals surface area contributed by atoms with E-state index in [2.05, 4.69) is 14.4 Å². The minimum Gasteiger partial charge on any atom is -0.444 e. The second-order valence-corrected chi connectivity index (χ2v) is 7.57. The number of amides is 2. The van der Waals surface area contributed by atoms with Crippen molar-refractivity contribution in [2.45, 2.75) is 38.5 Å². The number of nitrogens with zero attached hydrogens (tertiary/aromatic N) is 1. The van der Waals surface area contributed by atoms with E-state index in [1.165, 1.54) is 14.2 Å². The van der Waals surface area contributed by atoms with Crippen molar-refractivity contribution in [1.29, 1.82) is 0 Å². The van der Waals surface area contributed by atoms with Gasteiger partial charge in [0.15, 0.2) is 0 Å². The van der Waals surface area contributed by atoms with Crippen molar-refractivity contribution in [3.63, 3.8) is 0 Å². The number of phosphoric acid groups is 1. The highest BCUT2D eigenvalue weighted by Crippen LogP contribution is 2.43. The first-order chi connectivity index (χ1) is 11.8. The third kappa shape index (κ3) is 10.7. The van der Waals surface area contributed by atoms with E-state index in [9.17, 15) is 19.0 Å². The van der Waals surface area contributed by atoms with Gasteiger partial charge in [0.1, 0.15) is 17.7 Å². The summed E-state index contributed by atoms with van der Waals surface area (Å²) in [6.45, 7) is 2.76. The normalized spacial score (nSPS) is 16.3. The lowest BCUT2D eigenvalue weighted by Crippen LogP contribution is -2.50. The summed E-state index contributed by atoms with van der Waals surface area (Å²) in [6.07, 6.45) is -2.33. The van der Waals surface area contributed by atoms with Crippen molar-refractivity contribution in [3.8, 4) is 0 Å². The Morgan fingerprint density at radius 3 is 2.23 bits per heavy atom. The van der Waals surface area contributed by atoms with Gasteiger partial charge in [0.05, 0.1) is 26.9 Å². The van der Waals surface area contributed by atoms with Crippen LogP contribution >= 0.6 is 7.82 Å². The Kier molecular flexibility index (Phi) is 10.2. The van der Waals surface area contributed by atoms with Crippen LogP contribution in [-0.2, 0) is 28.0 Å². The highest BCUT2D eigenvalue weighted by atomic mass is 31.2. The molecule has 12 nitrogen and oxygen atoms in total. The van der Waals surface area contributed by atoms with Crippen LogP contribution in [0.15, 0.2) is 0 Å². The first kappa shape index (κ1) is 24.7. The van der Waals surface area contributed by atoms with Gasteiger partial charge in [-0.3, -0.25) is 18.7 Å². The Labute approximate surface area is 151 Å². The van der Waals surface area contributed by atoms with Crippen molar-refractivity contribution < 1.29 is 47.9 Å². The van der Waals surface area contributed by atoms with Crippen LogP contribution in [0, 0.1) is 0 Å². The third-order valence-corrected chi connectivity index (χ3v) is 3.57. The smallest absolute Gasteiger partial charge is 0.444 e. The van der Waals surface area contributed by atoms with Gasteiger partial charge in [0, 0.05) is 7.05 Å². The number of hydrogen-bond acceptors (Lipinski definition) is 9. The van der Waals surface area contributed by atoms with E-state index in [4.69, 9.17) is 19.8 Å². The monoisotopic (exact) mass is 402 g/mol. The SMILES string of the molecule is CON(C)C(=O)C(COP(=O)(O)OC[C@H](O)CO)NC(=O)OC(C)(C)C. The quantitative estimate of drug-likeness (QED) is 0.274. The molecular weight excluding hydrogens is 375 g/mol. The maximum atomic E-state index is 12.2. The fraction of sp³-hybridized carbons (Fsp3) is 0.846. The Hall–Kier alpha value is -1.27. The van der Waals surface area contributed by atoms with Crippen molar-refractivity contribution in [2.75, 3.05) is 34.0 Å². The van der Waals surface area contributed by atoms with Gasteiger partial charge in [-0.15, -0.1) is 0 Å². The number of nitrogens with one attached hydrogen (secondary N) is 1. The van der Waals surface area contributed by atoms with E-state index < -0.39 is 57.4 Å². The molecule has 0 aromatic rings. The molecule has 0 rings (SSSR count). The molecule has 0 spiro atoms. The fourth-order valence-electron chi connectivity index (χ4n) is 1.37. The number of alkyl carbamates (subject to hydrolysis) is 1. The maximum absolute atomic E-state index is 12.2. The molecule has 0 heterocycles. The lowest BCUT2D eigenvalue weighted by atomic mass is 10.2. The van der Waals surface area contributed by atoms with Gasteiger partial charge in [-0.25, -0.2) is 14.4 Å². The summed E-state index contributed by atoms with van der Waals surface area (Å²) >= 11 is 0. The molecule has 0 saturated carbocycles. The first-order valence-corrected chi connectivity index (χ1v) is 9.03. The molecule has 0 aliphatic rings. The highest BCUT2D eigenvalue weighted by Gasteiger charge is 2.31. The lowest BCUT2D eigenvalue weighted by Gasteiger charge is -2.25. The van der Waals surface area contributed by atoms with Gasteiger partial charge in [0.25, 0.3) is 5.91 Å². The average molecular weight is 402 g/mol. The number of aliphatic hydroxyl groups excluding tert-OH is 2. The number of hydrogen-bond donors (Lipinski definition) is 4. The highest BCUT2D eigenvalue weighted by molar-refractivity contribution is 7.47. The predicted molar refractivity (Wildman–Crippen MR) is 87.8 cm³/mol. The summed E-state index contributed by atoms with van der Waals surface area (Å²) in [5, 5.41) is 20.7. The predicted octanol–water partition coefficient (Wildman–Crippen LogP) is -0.614. The number of likely N-dealkylation sites (N-methyl/N-ethyl adjacent to an activating group) is 1. The number of carbonyl (C=O) groups excluding carboxylic acids is 2. The van der Waals surface area contributed by atoms with Gasteiger partial charge >= 0.3 is 13.9 Å². The summed E-state index contributed by atoms with van der Waals surface area (Å²) in [5.41, 5.74) is -0.832. The summed E-state index contributed by atoms with van der Waals surface area (Å²) in [6, 6.07) is -1.42. The van der Waals surface area contributed by atoms with Crippen molar-refractivity contribution in [2.24, 2.45) is 0 Å². The van der Waals surface area contributed by atoms with Crippen LogP contribution < -0.4 is 5.32 Å². The van der Waals surface area contributed by atoms with E-state index in [0.717, 1.165) is 5.06 Å². The Bertz CT molecular complexity index is 510. The van der Waals surface area contributed by atoms with Gasteiger partial charge in [-0.2, -0.15) is 0 Å². The van der Waals surface area contributed by atoms with E-state index in [-0.39, 0.29) is 0 Å². The minimum atomic E-state index is -4.65. The van der Waals surface area contributed by atoms with E-state index >= 15 is 0 Å². The first-order valence-electron chi connectivity index (χ1n) is 7.53. The van der Waals surface area contributed by atoms with E-state index in [1.54, 1.807) is 20.8 Å². The van der Waals surface area contributed by atoms with E-state index in [0.29, 0.717) is 0 Å². The molecule has 0 aliphatic carbocycles. The number of phosphoric ester groups is 1. The summed E-state index contributed by atoms with van der Waals surface area (Å²) in [5.74, 6) is -0.784. The number of hydroxylamine groups is 2. The number of ether oxygens (including phenoxy) is 1. The molecule has 154 valence electrons. The topological polar surface area (TPSA) is 164 Å². The standard InChI is InChI=1S/C13H27N2O10P/c1-13(2,3)25-12(19)14-10(11(18)15(4)22-5)8-24-26(20,21)23-7-9(17)6-16/h9-10,16-17H,6-8H2,1-5H3,(H,14,19)(H,20,21)/t9-,10?/m1/s1. The summed E-state index contributed by atoms with van der Waals surface area (Å²) in [7, 11) is -2.18. The Balaban J connectivity index is 4.93. The molecule has 0 saturated heterocycles. The van der Waals surface area contributed by atoms with Crippen LogP contribution in [0.3, 0.4) is 0 Å². The van der Waals surface area contributed by atoms with Gasteiger partial charge in [-0.05, 0) is 20.8 Å². The molecule has 0 aliphatic heterocycles. The van der Waals surface area contributed by atoms with Crippen LogP contribution in [-0.4, -0.2) is 83.9 Å². The Morgan fingerprint density at radius 1 is 1.23 bits per heavy atom. The molecule has 0 aromatic heterocycles. The summed E-state index contributed by atoms with van der Waals surface area (Å²) in [4.78, 5) is 38.2. The number of carbonyl (C=O) groups is 2. The fourth-order valence-corrected chi connectivity index (χ4v) is 2.15. The maximum Gasteiger partial charge on any atom is 0.472 e. The molecule has 2 unspecified atom stereocenters. The zero-order valence-corrected chi connectivity index (χ0v) is 16.3. The minimum absolute atomic E-state index is 0.666. The lowest BCUT2D eigenvalue weighted by molar-refractivity contribution is -0.171. The molecule has 2 amide bonds. The summed E-state index contributed by atoms with van der Waals surface area (Å²) < 4.78 is 25.9. The molecule has 13 heteroatoms. The van der Waals surface area contributed by atoms with E-state index in [1.807, 2.05) is 0 Å². The molecule has 4 N–H and O–H groups in total. The largest absolute Gasteiger partial charge is 0.472 e. The van der Waals surface area contributed by atoms with Gasteiger partial charge < -0.3 is 25.2 Å². The Morgan fingerprint density at radius 2 is 1.77 bits per heavy atom. The molecule has 3 atom stereocenters. The second-order valence-electron chi connectivity index (χ2n) is 6.11. The second kappa shape index (κ2) is 10.8. The van der Waals surface area contributed by atoms with Crippen LogP contribution in [0.2, 0.25) is 0 Å². The van der Waals surface area contributed by atoms with Crippen LogP contribution in [0.1, 0.15) is 20.8 Å². The molecule has 0 fully saturated rings. The number of aliphatic hydroxyl groups is 2. The molecule has 0 bridgehead atoms. The van der Waals surface area contributed by atoms with Crippen molar-refractivity contribution in [3.05, 3.63) is 0 Å². The van der Waals surface area contributed by atoms with Crippen LogP contribution in [0.4, 0.5) is 4.79 Å². The average Bonchev–Trinajstić information content (AvgIpc) is 2.53. The zero-order valence-electron chi connectivity index (χ0n) is 15.4. The van der Waals surface area contributed by atoms with Gasteiger partial charge in [-0.1, -0.05) is 0 Å². The number of rotatable bonds is 10. The van der Waals surface area contributed by atoms with Gasteiger partial charge in [0.2, 0.25) is 0 Å². The molecular formula is C13H27N2O10P. The molecule has 26 heavy (non-hydrogen) atoms. The zero-order chi connectivity index (χ0) is 20.5. The molecule has 0 radical (unpaired) electrons. The third-order valence-electron chi connectivity index (χ3n) is 2.62. The van der Waals surface area contributed by atoms with Crippen LogP contribution in [0.25, 0.3) is 0 Å². The molecule has 0 aromatic carbocycles. The van der Waals surface area contributed by atoms with Crippen molar-refractivity contribution >= 4 is 19.8 Å². The van der Waals surface area contributed by atoms with Crippen molar-refractivity contribution in [1.82, 2.24) is 10.4 Å². The van der Waals surface area contributed by atoms with Crippen LogP contribution in [0.5, 0.6) is 0 Å².